The second-order valence-electron chi connectivity index (χ2n) is 4.34. The van der Waals surface area contributed by atoms with Crippen molar-refractivity contribution in [1.29, 1.82) is 0 Å². The molecule has 0 aliphatic heterocycles. The van der Waals surface area contributed by atoms with Gasteiger partial charge in [0.05, 0.1) is 0 Å². The summed E-state index contributed by atoms with van der Waals surface area (Å²) in [7, 11) is 0. The molecule has 1 nitrogen and oxygen atoms in total. The summed E-state index contributed by atoms with van der Waals surface area (Å²) in [5, 5.41) is 3.52. The Labute approximate surface area is 129 Å². The molecule has 2 aromatic heterocycles. The summed E-state index contributed by atoms with van der Waals surface area (Å²) in [6, 6.07) is 9.76. The van der Waals surface area contributed by atoms with Crippen LogP contribution in [-0.4, -0.2) is 0 Å². The maximum atomic E-state index is 6.28. The molecule has 0 fully saturated rings. The fraction of sp³-hybridized carbons (Fsp3) is 0.143. The molecule has 0 aliphatic rings. The highest BCUT2D eigenvalue weighted by Crippen LogP contribution is 2.34. The van der Waals surface area contributed by atoms with Gasteiger partial charge in [-0.25, -0.2) is 0 Å². The molecule has 0 aliphatic carbocycles. The molecule has 1 unspecified atom stereocenters. The minimum absolute atomic E-state index is 0.0411. The van der Waals surface area contributed by atoms with E-state index in [0.29, 0.717) is 11.4 Å². The molecular weight excluding hydrogens is 317 g/mol. The predicted octanol–water partition coefficient (Wildman–Crippen LogP) is 5.51. The highest BCUT2D eigenvalue weighted by Gasteiger charge is 2.13. The van der Waals surface area contributed by atoms with Crippen LogP contribution >= 0.6 is 45.9 Å². The van der Waals surface area contributed by atoms with E-state index in [4.69, 9.17) is 28.9 Å². The van der Waals surface area contributed by atoms with Crippen molar-refractivity contribution in [3.63, 3.8) is 0 Å². The van der Waals surface area contributed by atoms with Gasteiger partial charge in [-0.05, 0) is 47.7 Å². The zero-order valence-corrected chi connectivity index (χ0v) is 13.0. The van der Waals surface area contributed by atoms with Crippen LogP contribution in [0, 0.1) is 0 Å². The molecule has 5 heteroatoms. The first-order valence-corrected chi connectivity index (χ1v) is 8.25. The number of benzene rings is 1. The highest BCUT2D eigenvalue weighted by molar-refractivity contribution is 7.26. The zero-order chi connectivity index (χ0) is 13.4. The van der Waals surface area contributed by atoms with E-state index in [1.807, 2.05) is 12.1 Å². The summed E-state index contributed by atoms with van der Waals surface area (Å²) >= 11 is 15.7. The second kappa shape index (κ2) is 5.43. The average Bonchev–Trinajstić information content (AvgIpc) is 2.94. The summed E-state index contributed by atoms with van der Waals surface area (Å²) < 4.78 is 2.60. The van der Waals surface area contributed by atoms with Crippen LogP contribution in [0.2, 0.25) is 10.0 Å². The molecule has 3 rings (SSSR count). The molecule has 0 saturated carbocycles. The van der Waals surface area contributed by atoms with Gasteiger partial charge in [-0.3, -0.25) is 0 Å². The lowest BCUT2D eigenvalue weighted by Gasteiger charge is -2.11. The average molecular weight is 328 g/mol. The maximum absolute atomic E-state index is 6.28. The fourth-order valence-electron chi connectivity index (χ4n) is 2.00. The SMILES string of the molecule is NC(Cc1cc(Cl)ccc1Cl)c1cc2sccc2s1. The van der Waals surface area contributed by atoms with E-state index < -0.39 is 0 Å². The number of halogens is 2. The molecule has 1 aromatic carbocycles. The quantitative estimate of drug-likeness (QED) is 0.674. The summed E-state index contributed by atoms with van der Waals surface area (Å²) in [4.78, 5) is 1.19. The van der Waals surface area contributed by atoms with Gasteiger partial charge in [0.15, 0.2) is 0 Å². The molecule has 19 heavy (non-hydrogen) atoms. The van der Waals surface area contributed by atoms with Crippen molar-refractivity contribution in [2.75, 3.05) is 0 Å². The number of rotatable bonds is 3. The Bertz CT molecular complexity index is 689. The van der Waals surface area contributed by atoms with Gasteiger partial charge in [0, 0.05) is 30.4 Å². The minimum Gasteiger partial charge on any atom is -0.323 e. The Kier molecular flexibility index (Phi) is 3.83. The Hall–Kier alpha value is -0.580. The van der Waals surface area contributed by atoms with E-state index in [0.717, 1.165) is 10.6 Å². The van der Waals surface area contributed by atoms with Crippen molar-refractivity contribution in [2.24, 2.45) is 5.73 Å². The zero-order valence-electron chi connectivity index (χ0n) is 9.90. The highest BCUT2D eigenvalue weighted by atomic mass is 35.5. The molecule has 0 spiro atoms. The van der Waals surface area contributed by atoms with Gasteiger partial charge in [-0.15, -0.1) is 22.7 Å². The third-order valence-electron chi connectivity index (χ3n) is 2.97. The Morgan fingerprint density at radius 2 is 1.95 bits per heavy atom. The van der Waals surface area contributed by atoms with Crippen molar-refractivity contribution in [3.05, 3.63) is 56.2 Å². The van der Waals surface area contributed by atoms with Crippen molar-refractivity contribution in [3.8, 4) is 0 Å². The first-order chi connectivity index (χ1) is 9.13. The number of hydrogen-bond acceptors (Lipinski definition) is 3. The van der Waals surface area contributed by atoms with Crippen LogP contribution in [0.5, 0.6) is 0 Å². The standard InChI is InChI=1S/C14H11Cl2NS2/c15-9-1-2-10(16)8(5-9)6-11(17)13-7-14-12(19-13)3-4-18-14/h1-5,7,11H,6,17H2. The molecule has 2 heterocycles. The molecule has 0 bridgehead atoms. The molecule has 3 aromatic rings. The van der Waals surface area contributed by atoms with Gasteiger partial charge in [0.2, 0.25) is 0 Å². The van der Waals surface area contributed by atoms with E-state index >= 15 is 0 Å². The fourth-order valence-corrected chi connectivity index (χ4v) is 4.51. The Balaban J connectivity index is 1.86. The van der Waals surface area contributed by atoms with Gasteiger partial charge in [-0.1, -0.05) is 23.2 Å². The van der Waals surface area contributed by atoms with E-state index in [-0.39, 0.29) is 6.04 Å². The molecule has 2 N–H and O–H groups in total. The molecule has 0 saturated heterocycles. The summed E-state index contributed by atoms with van der Waals surface area (Å²) in [5.41, 5.74) is 7.28. The van der Waals surface area contributed by atoms with Gasteiger partial charge in [0.25, 0.3) is 0 Å². The number of nitrogens with two attached hydrogens (primary N) is 1. The van der Waals surface area contributed by atoms with Crippen LogP contribution in [-0.2, 0) is 6.42 Å². The van der Waals surface area contributed by atoms with Crippen LogP contribution in [0.25, 0.3) is 9.40 Å². The molecule has 1 atom stereocenters. The lowest BCUT2D eigenvalue weighted by atomic mass is 10.1. The lowest BCUT2D eigenvalue weighted by Crippen LogP contribution is -2.12. The van der Waals surface area contributed by atoms with Crippen LogP contribution < -0.4 is 5.73 Å². The maximum Gasteiger partial charge on any atom is 0.0454 e. The lowest BCUT2D eigenvalue weighted by molar-refractivity contribution is 0.737. The molecule has 0 radical (unpaired) electrons. The molecule has 98 valence electrons. The Morgan fingerprint density at radius 3 is 2.74 bits per heavy atom. The van der Waals surface area contributed by atoms with Gasteiger partial charge >= 0.3 is 0 Å². The second-order valence-corrected chi connectivity index (χ2v) is 7.25. The van der Waals surface area contributed by atoms with E-state index in [1.54, 1.807) is 28.7 Å². The molecule has 0 amide bonds. The van der Waals surface area contributed by atoms with E-state index in [2.05, 4.69) is 17.5 Å². The van der Waals surface area contributed by atoms with Crippen molar-refractivity contribution < 1.29 is 0 Å². The van der Waals surface area contributed by atoms with Crippen LogP contribution in [0.15, 0.2) is 35.7 Å². The van der Waals surface area contributed by atoms with Crippen molar-refractivity contribution >= 4 is 55.3 Å². The van der Waals surface area contributed by atoms with Crippen molar-refractivity contribution in [2.45, 2.75) is 12.5 Å². The normalized spacial score (nSPS) is 13.0. The Morgan fingerprint density at radius 1 is 1.11 bits per heavy atom. The van der Waals surface area contributed by atoms with E-state index in [1.165, 1.54) is 14.3 Å². The summed E-state index contributed by atoms with van der Waals surface area (Å²) in [6.07, 6.45) is 0.702. The van der Waals surface area contributed by atoms with Gasteiger partial charge in [0.1, 0.15) is 0 Å². The first kappa shape index (κ1) is 13.4. The third kappa shape index (κ3) is 2.81. The third-order valence-corrected chi connectivity index (χ3v) is 5.80. The largest absolute Gasteiger partial charge is 0.323 e. The monoisotopic (exact) mass is 327 g/mol. The van der Waals surface area contributed by atoms with Crippen LogP contribution in [0.1, 0.15) is 16.5 Å². The smallest absolute Gasteiger partial charge is 0.0454 e. The summed E-state index contributed by atoms with van der Waals surface area (Å²) in [6.45, 7) is 0. The summed E-state index contributed by atoms with van der Waals surface area (Å²) in [5.74, 6) is 0. The number of thiophene rings is 2. The molecular formula is C14H11Cl2NS2. The van der Waals surface area contributed by atoms with Crippen LogP contribution in [0.4, 0.5) is 0 Å². The number of fused-ring (bicyclic) bond motifs is 1. The number of hydrogen-bond donors (Lipinski definition) is 1. The van der Waals surface area contributed by atoms with Gasteiger partial charge in [-0.2, -0.15) is 0 Å². The van der Waals surface area contributed by atoms with Gasteiger partial charge < -0.3 is 5.73 Å². The van der Waals surface area contributed by atoms with Crippen LogP contribution in [0.3, 0.4) is 0 Å². The minimum atomic E-state index is -0.0411. The predicted molar refractivity (Wildman–Crippen MR) is 86.8 cm³/mol. The van der Waals surface area contributed by atoms with E-state index in [9.17, 15) is 0 Å². The topological polar surface area (TPSA) is 26.0 Å². The first-order valence-electron chi connectivity index (χ1n) is 5.80. The van der Waals surface area contributed by atoms with Crippen molar-refractivity contribution in [1.82, 2.24) is 0 Å².